The molecule has 2 heterocycles. The van der Waals surface area contributed by atoms with Gasteiger partial charge in [0.05, 0.1) is 19.0 Å². The van der Waals surface area contributed by atoms with E-state index >= 15 is 0 Å². The average Bonchev–Trinajstić information content (AvgIpc) is 3.29. The second kappa shape index (κ2) is 6.39. The molecule has 1 aliphatic heterocycles. The molecule has 1 amide bonds. The fraction of sp³-hybridized carbons (Fsp3) is 0.667. The van der Waals surface area contributed by atoms with Gasteiger partial charge in [-0.05, 0) is 31.6 Å². The summed E-state index contributed by atoms with van der Waals surface area (Å²) in [6, 6.07) is 1.51. The summed E-state index contributed by atoms with van der Waals surface area (Å²) in [6.07, 6.45) is 6.04. The van der Waals surface area contributed by atoms with Crippen molar-refractivity contribution in [2.75, 3.05) is 19.7 Å². The van der Waals surface area contributed by atoms with E-state index in [4.69, 9.17) is 4.74 Å². The van der Waals surface area contributed by atoms with Gasteiger partial charge in [0.2, 0.25) is 5.91 Å². The minimum atomic E-state index is -0.134. The fourth-order valence-corrected chi connectivity index (χ4v) is 2.67. The van der Waals surface area contributed by atoms with Crippen LogP contribution >= 0.6 is 0 Å². The number of H-pyrrole nitrogens is 1. The lowest BCUT2D eigenvalue weighted by Crippen LogP contribution is -2.45. The van der Waals surface area contributed by atoms with Gasteiger partial charge in [0.25, 0.3) is 5.56 Å². The van der Waals surface area contributed by atoms with Crippen LogP contribution in [0.1, 0.15) is 31.4 Å². The molecule has 1 N–H and O–H groups in total. The van der Waals surface area contributed by atoms with Crippen molar-refractivity contribution >= 4 is 5.91 Å². The first-order valence-corrected chi connectivity index (χ1v) is 7.63. The third-order valence-corrected chi connectivity index (χ3v) is 4.11. The molecule has 1 atom stereocenters. The zero-order valence-electron chi connectivity index (χ0n) is 12.1. The summed E-state index contributed by atoms with van der Waals surface area (Å²) in [5.41, 5.74) is 0.634. The van der Waals surface area contributed by atoms with Crippen molar-refractivity contribution in [1.82, 2.24) is 14.9 Å². The van der Waals surface area contributed by atoms with Crippen LogP contribution in [-0.2, 0) is 16.0 Å². The van der Waals surface area contributed by atoms with Gasteiger partial charge in [-0.2, -0.15) is 0 Å². The van der Waals surface area contributed by atoms with Gasteiger partial charge >= 0.3 is 0 Å². The maximum Gasteiger partial charge on any atom is 0.250 e. The second-order valence-electron chi connectivity index (χ2n) is 5.92. The van der Waals surface area contributed by atoms with Crippen LogP contribution in [0.3, 0.4) is 0 Å². The topological polar surface area (TPSA) is 75.3 Å². The normalized spacial score (nSPS) is 22.3. The van der Waals surface area contributed by atoms with E-state index in [0.717, 1.165) is 12.1 Å². The summed E-state index contributed by atoms with van der Waals surface area (Å²) in [6.45, 7) is 1.96. The zero-order chi connectivity index (χ0) is 14.7. The number of nitrogens with zero attached hydrogens (tertiary/aromatic N) is 2. The Kier molecular flexibility index (Phi) is 4.34. The van der Waals surface area contributed by atoms with Gasteiger partial charge in [-0.3, -0.25) is 9.59 Å². The highest BCUT2D eigenvalue weighted by Crippen LogP contribution is 2.33. The largest absolute Gasteiger partial charge is 0.375 e. The number of hydrogen-bond donors (Lipinski definition) is 1. The highest BCUT2D eigenvalue weighted by molar-refractivity contribution is 5.76. The number of aromatic amines is 1. The predicted octanol–water partition coefficient (Wildman–Crippen LogP) is 0.730. The highest BCUT2D eigenvalue weighted by Gasteiger charge is 2.29. The first-order chi connectivity index (χ1) is 10.2. The molecular formula is C15H21N3O3. The minimum absolute atomic E-state index is 0.0444. The molecule has 6 heteroatoms. The van der Waals surface area contributed by atoms with Gasteiger partial charge in [-0.1, -0.05) is 0 Å². The molecule has 1 saturated carbocycles. The molecule has 3 rings (SSSR count). The quantitative estimate of drug-likeness (QED) is 0.868. The smallest absolute Gasteiger partial charge is 0.250 e. The number of aromatic nitrogens is 2. The number of amides is 1. The summed E-state index contributed by atoms with van der Waals surface area (Å²) >= 11 is 0. The molecular weight excluding hydrogens is 270 g/mol. The minimum Gasteiger partial charge on any atom is -0.375 e. The summed E-state index contributed by atoms with van der Waals surface area (Å²) in [7, 11) is 0. The van der Waals surface area contributed by atoms with Gasteiger partial charge < -0.3 is 14.6 Å². The van der Waals surface area contributed by atoms with Crippen LogP contribution in [0.5, 0.6) is 0 Å². The van der Waals surface area contributed by atoms with Crippen molar-refractivity contribution in [3.63, 3.8) is 0 Å². The van der Waals surface area contributed by atoms with Gasteiger partial charge in [-0.15, -0.1) is 0 Å². The third-order valence-electron chi connectivity index (χ3n) is 4.11. The maximum absolute atomic E-state index is 12.1. The van der Waals surface area contributed by atoms with Crippen molar-refractivity contribution in [1.29, 1.82) is 0 Å². The fourth-order valence-electron chi connectivity index (χ4n) is 2.67. The van der Waals surface area contributed by atoms with E-state index in [1.807, 2.05) is 4.90 Å². The number of ether oxygens (including phenoxy) is 1. The van der Waals surface area contributed by atoms with Crippen LogP contribution in [0.15, 0.2) is 17.2 Å². The molecule has 1 unspecified atom stereocenters. The van der Waals surface area contributed by atoms with E-state index in [9.17, 15) is 9.59 Å². The van der Waals surface area contributed by atoms with E-state index in [2.05, 4.69) is 9.97 Å². The van der Waals surface area contributed by atoms with Crippen molar-refractivity contribution in [2.24, 2.45) is 5.92 Å². The monoisotopic (exact) mass is 291 g/mol. The van der Waals surface area contributed by atoms with Crippen LogP contribution in [0, 0.1) is 5.92 Å². The van der Waals surface area contributed by atoms with E-state index in [1.54, 1.807) is 0 Å². The zero-order valence-corrected chi connectivity index (χ0v) is 12.1. The Morgan fingerprint density at radius 2 is 2.33 bits per heavy atom. The van der Waals surface area contributed by atoms with Crippen molar-refractivity contribution < 1.29 is 9.53 Å². The Bertz CT molecular complexity index is 553. The molecule has 0 radical (unpaired) electrons. The first kappa shape index (κ1) is 14.3. The highest BCUT2D eigenvalue weighted by atomic mass is 16.5. The molecule has 0 bridgehead atoms. The first-order valence-electron chi connectivity index (χ1n) is 7.63. The number of nitrogens with one attached hydrogen (secondary N) is 1. The molecule has 1 aromatic heterocycles. The second-order valence-corrected chi connectivity index (χ2v) is 5.92. The van der Waals surface area contributed by atoms with Crippen LogP contribution in [-0.4, -0.2) is 46.6 Å². The Morgan fingerprint density at radius 3 is 3.10 bits per heavy atom. The van der Waals surface area contributed by atoms with Crippen molar-refractivity contribution in [2.45, 2.75) is 38.2 Å². The molecule has 21 heavy (non-hydrogen) atoms. The van der Waals surface area contributed by atoms with Crippen LogP contribution < -0.4 is 5.56 Å². The Morgan fingerprint density at radius 1 is 1.48 bits per heavy atom. The summed E-state index contributed by atoms with van der Waals surface area (Å²) in [5.74, 6) is 0.888. The summed E-state index contributed by atoms with van der Waals surface area (Å²) in [5, 5.41) is 0. The Hall–Kier alpha value is -1.69. The summed E-state index contributed by atoms with van der Waals surface area (Å²) < 4.78 is 5.72. The van der Waals surface area contributed by atoms with Crippen LogP contribution in [0.2, 0.25) is 0 Å². The molecule has 1 saturated heterocycles. The molecule has 1 aromatic rings. The SMILES string of the molecule is O=C(CC1CC1)N1CCOC(CCc2cc(=O)[nH]cn2)C1. The lowest BCUT2D eigenvalue weighted by Gasteiger charge is -2.33. The number of hydrogen-bond acceptors (Lipinski definition) is 4. The van der Waals surface area contributed by atoms with Crippen molar-refractivity contribution in [3.8, 4) is 0 Å². The molecule has 0 aromatic carbocycles. The van der Waals surface area contributed by atoms with E-state index < -0.39 is 0 Å². The van der Waals surface area contributed by atoms with Gasteiger partial charge in [0, 0.05) is 31.3 Å². The van der Waals surface area contributed by atoms with Gasteiger partial charge in [0.1, 0.15) is 0 Å². The van der Waals surface area contributed by atoms with E-state index in [0.29, 0.717) is 38.5 Å². The lowest BCUT2D eigenvalue weighted by molar-refractivity contribution is -0.139. The van der Waals surface area contributed by atoms with Gasteiger partial charge in [0.15, 0.2) is 0 Å². The molecule has 1 aliphatic carbocycles. The predicted molar refractivity (Wildman–Crippen MR) is 76.8 cm³/mol. The Balaban J connectivity index is 1.48. The van der Waals surface area contributed by atoms with E-state index in [1.165, 1.54) is 25.2 Å². The molecule has 114 valence electrons. The van der Waals surface area contributed by atoms with Crippen LogP contribution in [0.4, 0.5) is 0 Å². The van der Waals surface area contributed by atoms with Crippen LogP contribution in [0.25, 0.3) is 0 Å². The number of carbonyl (C=O) groups is 1. The number of morpholine rings is 1. The third kappa shape index (κ3) is 4.14. The molecule has 0 spiro atoms. The molecule has 6 nitrogen and oxygen atoms in total. The average molecular weight is 291 g/mol. The maximum atomic E-state index is 12.1. The number of carbonyl (C=O) groups excluding carboxylic acids is 1. The number of aryl methyl sites for hydroxylation is 1. The molecule has 2 aliphatic rings. The standard InChI is InChI=1S/C15H21N3O3/c19-14-8-12(16-10-17-14)3-4-13-9-18(5-6-21-13)15(20)7-11-1-2-11/h8,10-11,13H,1-7,9H2,(H,16,17,19). The van der Waals surface area contributed by atoms with Gasteiger partial charge in [-0.25, -0.2) is 4.98 Å². The Labute approximate surface area is 123 Å². The number of rotatable bonds is 5. The van der Waals surface area contributed by atoms with Crippen molar-refractivity contribution in [3.05, 3.63) is 28.4 Å². The van der Waals surface area contributed by atoms with E-state index in [-0.39, 0.29) is 17.6 Å². The molecule has 2 fully saturated rings. The summed E-state index contributed by atoms with van der Waals surface area (Å²) in [4.78, 5) is 31.9. The lowest BCUT2D eigenvalue weighted by atomic mass is 10.1.